The van der Waals surface area contributed by atoms with Gasteiger partial charge in [0, 0.05) is 6.04 Å². The van der Waals surface area contributed by atoms with Crippen LogP contribution in [0.2, 0.25) is 0 Å². The van der Waals surface area contributed by atoms with Gasteiger partial charge in [-0.05, 0) is 39.2 Å². The van der Waals surface area contributed by atoms with E-state index in [4.69, 9.17) is 0 Å². The molecule has 5 heteroatoms. The van der Waals surface area contributed by atoms with Crippen LogP contribution < -0.4 is 5.32 Å². The third kappa shape index (κ3) is 3.93. The molecule has 2 N–H and O–H groups in total. The summed E-state index contributed by atoms with van der Waals surface area (Å²) in [4.78, 5) is 25.4. The van der Waals surface area contributed by atoms with Gasteiger partial charge in [-0.1, -0.05) is 19.3 Å². The molecule has 0 radical (unpaired) electrons. The van der Waals surface area contributed by atoms with Crippen molar-refractivity contribution >= 4 is 11.9 Å². The Morgan fingerprint density at radius 3 is 2.47 bits per heavy atom. The van der Waals surface area contributed by atoms with Crippen molar-refractivity contribution in [1.29, 1.82) is 0 Å². The fourth-order valence-electron chi connectivity index (χ4n) is 2.74. The van der Waals surface area contributed by atoms with Crippen LogP contribution >= 0.6 is 0 Å². The fourth-order valence-corrected chi connectivity index (χ4v) is 2.74. The largest absolute Gasteiger partial charge is 0.480 e. The number of rotatable bonds is 4. The highest BCUT2D eigenvalue weighted by molar-refractivity contribution is 5.83. The first-order valence-electron chi connectivity index (χ1n) is 7.38. The third-order valence-corrected chi connectivity index (χ3v) is 4.13. The zero-order valence-corrected chi connectivity index (χ0v) is 11.6. The fraction of sp³-hybridized carbons (Fsp3) is 0.857. The first-order valence-corrected chi connectivity index (χ1v) is 7.38. The van der Waals surface area contributed by atoms with Gasteiger partial charge in [0.15, 0.2) is 0 Å². The van der Waals surface area contributed by atoms with E-state index in [1.54, 1.807) is 0 Å². The summed E-state index contributed by atoms with van der Waals surface area (Å²) in [5.74, 6) is -0.817. The molecule has 0 spiro atoms. The second-order valence-corrected chi connectivity index (χ2v) is 5.75. The number of carboxylic acids is 1. The topological polar surface area (TPSA) is 69.6 Å². The minimum atomic E-state index is -0.798. The van der Waals surface area contributed by atoms with Crippen LogP contribution in [-0.2, 0) is 9.59 Å². The lowest BCUT2D eigenvalue weighted by atomic mass is 10.00. The predicted octanol–water partition coefficient (Wildman–Crippen LogP) is 1.37. The van der Waals surface area contributed by atoms with Crippen molar-refractivity contribution in [3.05, 3.63) is 0 Å². The lowest BCUT2D eigenvalue weighted by molar-refractivity contribution is -0.146. The van der Waals surface area contributed by atoms with Crippen molar-refractivity contribution in [2.45, 2.75) is 70.0 Å². The number of carboxylic acid groups (broad SMARTS) is 1. The van der Waals surface area contributed by atoms with Crippen molar-refractivity contribution in [2.75, 3.05) is 6.54 Å². The maximum atomic E-state index is 12.1. The summed E-state index contributed by atoms with van der Waals surface area (Å²) in [5, 5.41) is 12.3. The van der Waals surface area contributed by atoms with E-state index in [1.807, 2.05) is 11.8 Å². The summed E-state index contributed by atoms with van der Waals surface area (Å²) in [7, 11) is 0. The number of aliphatic carboxylic acids is 1. The molecule has 5 nitrogen and oxygen atoms in total. The van der Waals surface area contributed by atoms with Crippen LogP contribution in [0.25, 0.3) is 0 Å². The second kappa shape index (κ2) is 6.37. The quantitative estimate of drug-likeness (QED) is 0.808. The monoisotopic (exact) mass is 268 g/mol. The van der Waals surface area contributed by atoms with Gasteiger partial charge in [-0.25, -0.2) is 0 Å². The molecule has 1 saturated heterocycles. The number of hydrogen-bond acceptors (Lipinski definition) is 3. The van der Waals surface area contributed by atoms with Crippen molar-refractivity contribution in [3.63, 3.8) is 0 Å². The summed E-state index contributed by atoms with van der Waals surface area (Å²) in [6.45, 7) is 2.53. The van der Waals surface area contributed by atoms with E-state index < -0.39 is 12.0 Å². The minimum Gasteiger partial charge on any atom is -0.480 e. The second-order valence-electron chi connectivity index (χ2n) is 5.75. The molecule has 2 rings (SSSR count). The van der Waals surface area contributed by atoms with Crippen LogP contribution in [0.3, 0.4) is 0 Å². The van der Waals surface area contributed by atoms with Gasteiger partial charge in [-0.3, -0.25) is 14.5 Å². The Labute approximate surface area is 114 Å². The van der Waals surface area contributed by atoms with Crippen LogP contribution in [0.1, 0.15) is 51.9 Å². The Morgan fingerprint density at radius 2 is 1.84 bits per heavy atom. The molecule has 1 heterocycles. The maximum absolute atomic E-state index is 12.1. The maximum Gasteiger partial charge on any atom is 0.320 e. The van der Waals surface area contributed by atoms with Gasteiger partial charge in [-0.15, -0.1) is 0 Å². The Hall–Kier alpha value is -1.10. The molecule has 19 heavy (non-hydrogen) atoms. The normalized spacial score (nSPS) is 27.1. The Balaban J connectivity index is 2.01. The number of likely N-dealkylation sites (tertiary alicyclic amines) is 1. The smallest absolute Gasteiger partial charge is 0.320 e. The number of hydrogen-bond donors (Lipinski definition) is 2. The molecule has 0 aromatic carbocycles. The first-order chi connectivity index (χ1) is 9.09. The summed E-state index contributed by atoms with van der Waals surface area (Å²) in [5.41, 5.74) is 0. The summed E-state index contributed by atoms with van der Waals surface area (Å²) in [6.07, 6.45) is 6.90. The van der Waals surface area contributed by atoms with Crippen molar-refractivity contribution in [3.8, 4) is 0 Å². The summed E-state index contributed by atoms with van der Waals surface area (Å²) < 4.78 is 0. The van der Waals surface area contributed by atoms with Gasteiger partial charge in [0.1, 0.15) is 6.04 Å². The van der Waals surface area contributed by atoms with Gasteiger partial charge in [-0.2, -0.15) is 0 Å². The SMILES string of the molecule is CC(C(=O)NC1CC1)N1CCCCCCC1C(=O)O. The van der Waals surface area contributed by atoms with E-state index in [9.17, 15) is 14.7 Å². The van der Waals surface area contributed by atoms with E-state index in [2.05, 4.69) is 5.32 Å². The molecule has 2 atom stereocenters. The minimum absolute atomic E-state index is 0.0191. The van der Waals surface area contributed by atoms with E-state index in [1.165, 1.54) is 0 Å². The Kier molecular flexibility index (Phi) is 4.80. The predicted molar refractivity (Wildman–Crippen MR) is 71.8 cm³/mol. The highest BCUT2D eigenvalue weighted by atomic mass is 16.4. The summed E-state index contributed by atoms with van der Waals surface area (Å²) >= 11 is 0. The molecule has 1 aliphatic carbocycles. The van der Waals surface area contributed by atoms with Crippen LogP contribution in [0.15, 0.2) is 0 Å². The molecule has 1 aliphatic heterocycles. The molecule has 2 fully saturated rings. The lowest BCUT2D eigenvalue weighted by Crippen LogP contribution is -2.53. The molecule has 0 aromatic rings. The molecular formula is C14H24N2O3. The van der Waals surface area contributed by atoms with Gasteiger partial charge < -0.3 is 10.4 Å². The van der Waals surface area contributed by atoms with E-state index >= 15 is 0 Å². The van der Waals surface area contributed by atoms with Crippen LogP contribution in [0.5, 0.6) is 0 Å². The van der Waals surface area contributed by atoms with Gasteiger partial charge in [0.2, 0.25) is 5.91 Å². The zero-order chi connectivity index (χ0) is 13.8. The van der Waals surface area contributed by atoms with Crippen LogP contribution in [0.4, 0.5) is 0 Å². The average Bonchev–Trinajstić information content (AvgIpc) is 3.11. The molecule has 1 amide bonds. The lowest BCUT2D eigenvalue weighted by Gasteiger charge is -2.34. The van der Waals surface area contributed by atoms with Crippen molar-refractivity contribution in [2.24, 2.45) is 0 Å². The number of amides is 1. The number of carbonyl (C=O) groups is 2. The third-order valence-electron chi connectivity index (χ3n) is 4.13. The zero-order valence-electron chi connectivity index (χ0n) is 11.6. The Morgan fingerprint density at radius 1 is 1.16 bits per heavy atom. The molecule has 1 saturated carbocycles. The van der Waals surface area contributed by atoms with E-state index in [0.717, 1.165) is 38.5 Å². The van der Waals surface area contributed by atoms with Crippen molar-refractivity contribution < 1.29 is 14.7 Å². The van der Waals surface area contributed by atoms with Crippen molar-refractivity contribution in [1.82, 2.24) is 10.2 Å². The van der Waals surface area contributed by atoms with E-state index in [0.29, 0.717) is 19.0 Å². The number of nitrogens with zero attached hydrogens (tertiary/aromatic N) is 1. The molecular weight excluding hydrogens is 244 g/mol. The number of nitrogens with one attached hydrogen (secondary N) is 1. The van der Waals surface area contributed by atoms with Gasteiger partial charge in [0.25, 0.3) is 0 Å². The number of carbonyl (C=O) groups excluding carboxylic acids is 1. The summed E-state index contributed by atoms with van der Waals surface area (Å²) in [6, 6.07) is -0.534. The standard InChI is InChI=1S/C14H24N2O3/c1-10(13(17)15-11-7-8-11)16-9-5-3-2-4-6-12(16)14(18)19/h10-12H,2-9H2,1H3,(H,15,17)(H,18,19). The molecule has 2 aliphatic rings. The average molecular weight is 268 g/mol. The molecule has 0 bridgehead atoms. The highest BCUT2D eigenvalue weighted by Crippen LogP contribution is 2.22. The van der Waals surface area contributed by atoms with E-state index in [-0.39, 0.29) is 11.9 Å². The molecule has 2 unspecified atom stereocenters. The molecule has 108 valence electrons. The molecule has 0 aromatic heterocycles. The van der Waals surface area contributed by atoms with Gasteiger partial charge in [0.05, 0.1) is 6.04 Å². The van der Waals surface area contributed by atoms with Gasteiger partial charge >= 0.3 is 5.97 Å². The van der Waals surface area contributed by atoms with Crippen LogP contribution in [-0.4, -0.2) is 46.6 Å². The van der Waals surface area contributed by atoms with Crippen LogP contribution in [0, 0.1) is 0 Å². The first kappa shape index (κ1) is 14.3. The Bertz CT molecular complexity index is 342. The highest BCUT2D eigenvalue weighted by Gasteiger charge is 2.34.